The summed E-state index contributed by atoms with van der Waals surface area (Å²) in [6.07, 6.45) is 0. The van der Waals surface area contributed by atoms with Gasteiger partial charge in [0.05, 0.1) is 0 Å². The number of benzene rings is 2. The molecule has 0 radical (unpaired) electrons. The number of hydrogen-bond acceptors (Lipinski definition) is 3. The van der Waals surface area contributed by atoms with Gasteiger partial charge >= 0.3 is 0 Å². The molecule has 2 aromatic carbocycles. The number of carbonyl (C=O) groups excluding carboxylic acids is 1. The fourth-order valence-corrected chi connectivity index (χ4v) is 3.05. The Labute approximate surface area is 142 Å². The highest BCUT2D eigenvalue weighted by Gasteiger charge is 2.17. The van der Waals surface area contributed by atoms with E-state index in [1.165, 1.54) is 11.3 Å². The Kier molecular flexibility index (Phi) is 4.99. The second-order valence-corrected chi connectivity index (χ2v) is 6.43. The number of ketones is 1. The molecule has 0 amide bonds. The van der Waals surface area contributed by atoms with Crippen LogP contribution in [0.25, 0.3) is 0 Å². The molecule has 3 rings (SSSR count). The number of hydrogen-bond donors (Lipinski definition) is 0. The lowest BCUT2D eigenvalue weighted by Gasteiger charge is -2.36. The van der Waals surface area contributed by atoms with Gasteiger partial charge in [0.2, 0.25) is 0 Å². The van der Waals surface area contributed by atoms with Crippen LogP contribution in [0, 0.1) is 0 Å². The second kappa shape index (κ2) is 7.16. The Morgan fingerprint density at radius 1 is 0.957 bits per heavy atom. The number of nitrogens with zero attached hydrogens (tertiary/aromatic N) is 2. The Morgan fingerprint density at radius 2 is 1.57 bits per heavy atom. The van der Waals surface area contributed by atoms with Gasteiger partial charge in [0.15, 0.2) is 5.78 Å². The van der Waals surface area contributed by atoms with Crippen molar-refractivity contribution in [3.8, 4) is 0 Å². The van der Waals surface area contributed by atoms with Gasteiger partial charge in [0, 0.05) is 49.0 Å². The van der Waals surface area contributed by atoms with Gasteiger partial charge in [-0.2, -0.15) is 0 Å². The van der Waals surface area contributed by atoms with Crippen molar-refractivity contribution >= 4 is 23.1 Å². The van der Waals surface area contributed by atoms with E-state index in [1.807, 2.05) is 36.4 Å². The van der Waals surface area contributed by atoms with E-state index in [2.05, 4.69) is 21.9 Å². The quantitative estimate of drug-likeness (QED) is 0.796. The van der Waals surface area contributed by atoms with Crippen molar-refractivity contribution in [2.75, 3.05) is 31.1 Å². The molecule has 0 unspecified atom stereocenters. The van der Waals surface area contributed by atoms with Crippen LogP contribution in [-0.4, -0.2) is 36.9 Å². The van der Waals surface area contributed by atoms with E-state index < -0.39 is 0 Å². The third kappa shape index (κ3) is 4.12. The van der Waals surface area contributed by atoms with Gasteiger partial charge in [-0.25, -0.2) is 0 Å². The normalized spacial score (nSPS) is 15.7. The summed E-state index contributed by atoms with van der Waals surface area (Å²) in [5.41, 5.74) is 3.27. The van der Waals surface area contributed by atoms with Crippen LogP contribution >= 0.6 is 11.6 Å². The molecule has 0 aromatic heterocycles. The van der Waals surface area contributed by atoms with Crippen LogP contribution < -0.4 is 4.90 Å². The monoisotopic (exact) mass is 328 g/mol. The van der Waals surface area contributed by atoms with Crippen LogP contribution in [-0.2, 0) is 6.54 Å². The first-order valence-corrected chi connectivity index (χ1v) is 8.32. The van der Waals surface area contributed by atoms with Crippen molar-refractivity contribution in [3.63, 3.8) is 0 Å². The summed E-state index contributed by atoms with van der Waals surface area (Å²) in [7, 11) is 0. The van der Waals surface area contributed by atoms with Crippen molar-refractivity contribution in [2.24, 2.45) is 0 Å². The number of carbonyl (C=O) groups is 1. The smallest absolute Gasteiger partial charge is 0.159 e. The fraction of sp³-hybridized carbons (Fsp3) is 0.316. The van der Waals surface area contributed by atoms with E-state index in [0.29, 0.717) is 0 Å². The summed E-state index contributed by atoms with van der Waals surface area (Å²) in [5.74, 6) is 0.115. The van der Waals surface area contributed by atoms with Crippen LogP contribution in [0.1, 0.15) is 22.8 Å². The average Bonchev–Trinajstić information content (AvgIpc) is 2.58. The molecule has 4 heteroatoms. The predicted octanol–water partition coefficient (Wildman–Crippen LogP) is 3.86. The first-order valence-electron chi connectivity index (χ1n) is 7.94. The topological polar surface area (TPSA) is 23.6 Å². The fourth-order valence-electron chi connectivity index (χ4n) is 2.92. The van der Waals surface area contributed by atoms with Crippen molar-refractivity contribution in [1.29, 1.82) is 0 Å². The van der Waals surface area contributed by atoms with Crippen LogP contribution in [0.3, 0.4) is 0 Å². The van der Waals surface area contributed by atoms with Crippen LogP contribution in [0.2, 0.25) is 5.02 Å². The zero-order valence-corrected chi connectivity index (χ0v) is 14.1. The maximum atomic E-state index is 11.3. The molecule has 120 valence electrons. The Balaban J connectivity index is 1.55. The number of anilines is 1. The summed E-state index contributed by atoms with van der Waals surface area (Å²) in [5, 5.41) is 0.785. The van der Waals surface area contributed by atoms with Gasteiger partial charge in [-0.15, -0.1) is 0 Å². The third-order valence-corrected chi connectivity index (χ3v) is 4.58. The van der Waals surface area contributed by atoms with E-state index >= 15 is 0 Å². The summed E-state index contributed by atoms with van der Waals surface area (Å²) < 4.78 is 0. The van der Waals surface area contributed by atoms with E-state index in [0.717, 1.165) is 43.3 Å². The van der Waals surface area contributed by atoms with Crippen LogP contribution in [0.5, 0.6) is 0 Å². The molecule has 23 heavy (non-hydrogen) atoms. The minimum absolute atomic E-state index is 0.115. The highest BCUT2D eigenvalue weighted by molar-refractivity contribution is 6.30. The minimum atomic E-state index is 0.115. The lowest BCUT2D eigenvalue weighted by Crippen LogP contribution is -2.45. The molecule has 1 aliphatic heterocycles. The molecule has 0 spiro atoms. The van der Waals surface area contributed by atoms with E-state index in [-0.39, 0.29) is 5.78 Å². The number of rotatable bonds is 4. The van der Waals surface area contributed by atoms with Crippen LogP contribution in [0.15, 0.2) is 48.5 Å². The summed E-state index contributed by atoms with van der Waals surface area (Å²) in [6.45, 7) is 6.66. The van der Waals surface area contributed by atoms with Crippen molar-refractivity contribution in [1.82, 2.24) is 4.90 Å². The highest BCUT2D eigenvalue weighted by Crippen LogP contribution is 2.19. The van der Waals surface area contributed by atoms with Crippen molar-refractivity contribution in [3.05, 3.63) is 64.7 Å². The Morgan fingerprint density at radius 3 is 2.13 bits per heavy atom. The maximum Gasteiger partial charge on any atom is 0.159 e. The number of piperazine rings is 1. The molecule has 0 bridgehead atoms. The molecule has 0 N–H and O–H groups in total. The van der Waals surface area contributed by atoms with Crippen molar-refractivity contribution in [2.45, 2.75) is 13.5 Å². The lowest BCUT2D eigenvalue weighted by atomic mass is 10.1. The Hall–Kier alpha value is -1.84. The van der Waals surface area contributed by atoms with E-state index in [1.54, 1.807) is 6.92 Å². The number of Topliss-reactive ketones (excluding diaryl/α,β-unsaturated/α-hetero) is 1. The van der Waals surface area contributed by atoms with Gasteiger partial charge in [-0.05, 0) is 48.9 Å². The molecule has 0 atom stereocenters. The molecule has 3 nitrogen and oxygen atoms in total. The zero-order chi connectivity index (χ0) is 16.2. The maximum absolute atomic E-state index is 11.3. The molecule has 1 saturated heterocycles. The predicted molar refractivity (Wildman–Crippen MR) is 95.4 cm³/mol. The van der Waals surface area contributed by atoms with Gasteiger partial charge < -0.3 is 4.90 Å². The van der Waals surface area contributed by atoms with Gasteiger partial charge in [-0.3, -0.25) is 9.69 Å². The first-order chi connectivity index (χ1) is 11.1. The zero-order valence-electron chi connectivity index (χ0n) is 13.3. The molecule has 0 saturated carbocycles. The molecular weight excluding hydrogens is 308 g/mol. The molecular formula is C19H21ClN2O. The summed E-state index contributed by atoms with van der Waals surface area (Å²) in [6, 6.07) is 16.0. The van der Waals surface area contributed by atoms with E-state index in [4.69, 9.17) is 11.6 Å². The molecule has 1 fully saturated rings. The summed E-state index contributed by atoms with van der Waals surface area (Å²) >= 11 is 5.93. The standard InChI is InChI=1S/C19H21ClN2O/c1-15(23)17-4-8-19(9-5-17)22-12-10-21(11-13-22)14-16-2-6-18(20)7-3-16/h2-9H,10-14H2,1H3. The Bertz CT molecular complexity index is 659. The van der Waals surface area contributed by atoms with Gasteiger partial charge in [-0.1, -0.05) is 23.7 Å². The molecule has 2 aromatic rings. The van der Waals surface area contributed by atoms with Gasteiger partial charge in [0.25, 0.3) is 0 Å². The second-order valence-electron chi connectivity index (χ2n) is 5.99. The minimum Gasteiger partial charge on any atom is -0.369 e. The van der Waals surface area contributed by atoms with Crippen LogP contribution in [0.4, 0.5) is 5.69 Å². The molecule has 1 heterocycles. The first kappa shape index (κ1) is 16.0. The number of halogens is 1. The molecule has 0 aliphatic carbocycles. The van der Waals surface area contributed by atoms with Crippen molar-refractivity contribution < 1.29 is 4.79 Å². The largest absolute Gasteiger partial charge is 0.369 e. The SMILES string of the molecule is CC(=O)c1ccc(N2CCN(Cc3ccc(Cl)cc3)CC2)cc1. The lowest BCUT2D eigenvalue weighted by molar-refractivity contribution is 0.101. The average molecular weight is 329 g/mol. The highest BCUT2D eigenvalue weighted by atomic mass is 35.5. The van der Waals surface area contributed by atoms with Gasteiger partial charge in [0.1, 0.15) is 0 Å². The molecule has 1 aliphatic rings. The summed E-state index contributed by atoms with van der Waals surface area (Å²) in [4.78, 5) is 16.2. The van der Waals surface area contributed by atoms with E-state index in [9.17, 15) is 4.79 Å². The third-order valence-electron chi connectivity index (χ3n) is 4.33.